The minimum atomic E-state index is -0.684. The third-order valence-corrected chi connectivity index (χ3v) is 7.62. The summed E-state index contributed by atoms with van der Waals surface area (Å²) in [5.74, 6) is -2.65. The number of hydrogen-bond acceptors (Lipinski definition) is 8. The summed E-state index contributed by atoms with van der Waals surface area (Å²) in [4.78, 5) is 79.9. The Morgan fingerprint density at radius 1 is 0.529 bits per heavy atom. The van der Waals surface area contributed by atoms with Gasteiger partial charge < -0.3 is 0 Å². The number of amides is 8. The molecule has 0 radical (unpaired) electrons. The maximum atomic E-state index is 12.4. The van der Waals surface area contributed by atoms with Crippen molar-refractivity contribution < 1.29 is 28.8 Å². The van der Waals surface area contributed by atoms with E-state index in [1.807, 2.05) is 12.1 Å². The summed E-state index contributed by atoms with van der Waals surface area (Å²) >= 11 is 2.68. The van der Waals surface area contributed by atoms with E-state index >= 15 is 0 Å². The quantitative estimate of drug-likeness (QED) is 0.474. The number of carbonyl (C=O) groups is 6. The van der Waals surface area contributed by atoms with Crippen LogP contribution < -0.4 is 0 Å². The van der Waals surface area contributed by atoms with Gasteiger partial charge in [0, 0.05) is 47.7 Å². The first-order valence-corrected chi connectivity index (χ1v) is 11.5. The number of rotatable bonds is 3. The average molecular weight is 499 g/mol. The second-order valence-corrected chi connectivity index (χ2v) is 9.77. The van der Waals surface area contributed by atoms with E-state index in [4.69, 9.17) is 0 Å². The highest BCUT2D eigenvalue weighted by Gasteiger charge is 2.39. The fraction of sp³-hybridized carbons (Fsp3) is 0.182. The van der Waals surface area contributed by atoms with Crippen LogP contribution in [0, 0.1) is 0 Å². The van der Waals surface area contributed by atoms with Crippen LogP contribution in [0.2, 0.25) is 0 Å². The van der Waals surface area contributed by atoms with Crippen LogP contribution in [-0.2, 0) is 19.2 Å². The van der Waals surface area contributed by atoms with E-state index in [1.54, 1.807) is 12.1 Å². The molecule has 4 heterocycles. The van der Waals surface area contributed by atoms with Crippen molar-refractivity contribution in [1.82, 2.24) is 19.6 Å². The van der Waals surface area contributed by atoms with Crippen molar-refractivity contribution in [2.75, 3.05) is 28.2 Å². The minimum absolute atomic E-state index is 0.105. The first kappa shape index (κ1) is 23.3. The second-order valence-electron chi connectivity index (χ2n) is 7.54. The number of carbonyl (C=O) groups excluding carboxylic acids is 6. The van der Waals surface area contributed by atoms with Gasteiger partial charge >= 0.3 is 12.1 Å². The van der Waals surface area contributed by atoms with E-state index in [-0.39, 0.29) is 11.1 Å². The lowest BCUT2D eigenvalue weighted by Crippen LogP contribution is -2.52. The molecule has 2 aliphatic heterocycles. The molecule has 0 unspecified atom stereocenters. The molecule has 174 valence electrons. The summed E-state index contributed by atoms with van der Waals surface area (Å²) in [5.41, 5.74) is -0.210. The second kappa shape index (κ2) is 8.47. The normalized spacial score (nSPS) is 17.4. The van der Waals surface area contributed by atoms with Gasteiger partial charge in [-0.3, -0.25) is 38.8 Å². The lowest BCUT2D eigenvalue weighted by molar-refractivity contribution is -0.135. The van der Waals surface area contributed by atoms with Crippen LogP contribution in [0.4, 0.5) is 9.59 Å². The van der Waals surface area contributed by atoms with Gasteiger partial charge in [0.2, 0.25) is 0 Å². The zero-order valence-corrected chi connectivity index (χ0v) is 20.2. The van der Waals surface area contributed by atoms with Gasteiger partial charge in [-0.25, -0.2) is 9.59 Å². The molecule has 12 heteroatoms. The Bertz CT molecular complexity index is 1200. The first-order chi connectivity index (χ1) is 16.0. The van der Waals surface area contributed by atoms with Gasteiger partial charge in [0.05, 0.1) is 0 Å². The van der Waals surface area contributed by atoms with Gasteiger partial charge in [0.25, 0.3) is 23.6 Å². The average Bonchev–Trinajstić information content (AvgIpc) is 3.49. The largest absolute Gasteiger partial charge is 0.333 e. The molecule has 2 aromatic heterocycles. The van der Waals surface area contributed by atoms with Crippen LogP contribution in [0.25, 0.3) is 21.9 Å². The fourth-order valence-electron chi connectivity index (χ4n) is 3.36. The molecule has 0 bridgehead atoms. The fourth-order valence-corrected chi connectivity index (χ4v) is 5.35. The minimum Gasteiger partial charge on any atom is -0.268 e. The number of imide groups is 4. The van der Waals surface area contributed by atoms with Crippen molar-refractivity contribution in [2.24, 2.45) is 0 Å². The Hall–Kier alpha value is -3.90. The molecule has 0 N–H and O–H groups in total. The molecule has 0 aromatic carbocycles. The lowest BCUT2D eigenvalue weighted by Gasteiger charge is -2.28. The predicted molar refractivity (Wildman–Crippen MR) is 125 cm³/mol. The zero-order chi connectivity index (χ0) is 24.9. The van der Waals surface area contributed by atoms with E-state index in [9.17, 15) is 28.8 Å². The van der Waals surface area contributed by atoms with Crippen LogP contribution in [-0.4, -0.2) is 83.5 Å². The highest BCUT2D eigenvalue weighted by molar-refractivity contribution is 7.23. The maximum absolute atomic E-state index is 12.4. The molecule has 8 amide bonds. The SMILES string of the molecule is CN1C(=O)C(=Cc2ccc(-c3ccc(C=C4C(=O)N(C)C(=O)N(C)C4=O)s3)s2)C(=O)N(C)C1=O. The Morgan fingerprint density at radius 3 is 1.12 bits per heavy atom. The summed E-state index contributed by atoms with van der Waals surface area (Å²) in [7, 11) is 5.26. The maximum Gasteiger partial charge on any atom is 0.333 e. The van der Waals surface area contributed by atoms with E-state index < -0.39 is 35.7 Å². The number of urea groups is 2. The molecule has 4 rings (SSSR count). The first-order valence-electron chi connectivity index (χ1n) is 9.85. The molecule has 10 nitrogen and oxygen atoms in total. The Labute approximate surface area is 201 Å². The smallest absolute Gasteiger partial charge is 0.268 e. The number of hydrogen-bond donors (Lipinski definition) is 0. The van der Waals surface area contributed by atoms with Gasteiger partial charge in [0.15, 0.2) is 0 Å². The molecule has 2 saturated heterocycles. The Morgan fingerprint density at radius 2 is 0.824 bits per heavy atom. The molecule has 2 aromatic rings. The number of barbiturate groups is 2. The standard InChI is InChI=1S/C22H18N4O6S2/c1-23-17(27)13(18(28)24(2)21(23)31)9-11-5-7-15(33-11)16-8-6-12(34-16)10-14-19(29)25(3)22(32)26(4)20(14)30/h5-10H,1-4H3. The van der Waals surface area contributed by atoms with Gasteiger partial charge in [-0.2, -0.15) is 0 Å². The summed E-state index contributed by atoms with van der Waals surface area (Å²) < 4.78 is 0. The lowest BCUT2D eigenvalue weighted by atomic mass is 10.1. The molecule has 2 aliphatic rings. The zero-order valence-electron chi connectivity index (χ0n) is 18.5. The third kappa shape index (κ3) is 3.76. The van der Waals surface area contributed by atoms with Gasteiger partial charge in [-0.05, 0) is 36.4 Å². The van der Waals surface area contributed by atoms with Crippen molar-refractivity contribution >= 4 is 70.5 Å². The molecular weight excluding hydrogens is 480 g/mol. The van der Waals surface area contributed by atoms with Gasteiger partial charge in [0.1, 0.15) is 11.1 Å². The number of likely N-dealkylation sites (N-methyl/N-ethyl adjacent to an activating group) is 4. The highest BCUT2D eigenvalue weighted by atomic mass is 32.1. The highest BCUT2D eigenvalue weighted by Crippen LogP contribution is 2.36. The molecule has 0 aliphatic carbocycles. The summed E-state index contributed by atoms with van der Waals surface area (Å²) in [6, 6.07) is 5.80. The van der Waals surface area contributed by atoms with Crippen molar-refractivity contribution in [3.63, 3.8) is 0 Å². The third-order valence-electron chi connectivity index (χ3n) is 5.36. The van der Waals surface area contributed by atoms with E-state index in [0.29, 0.717) is 9.75 Å². The molecule has 0 spiro atoms. The molecule has 0 atom stereocenters. The van der Waals surface area contributed by atoms with Crippen molar-refractivity contribution in [2.45, 2.75) is 0 Å². The molecular formula is C22H18N4O6S2. The van der Waals surface area contributed by atoms with Crippen LogP contribution in [0.15, 0.2) is 35.4 Å². The van der Waals surface area contributed by atoms with Crippen LogP contribution in [0.3, 0.4) is 0 Å². The molecule has 2 fully saturated rings. The topological polar surface area (TPSA) is 115 Å². The molecule has 34 heavy (non-hydrogen) atoms. The van der Waals surface area contributed by atoms with Crippen LogP contribution in [0.5, 0.6) is 0 Å². The summed E-state index contributed by atoms with van der Waals surface area (Å²) in [6.45, 7) is 0. The van der Waals surface area contributed by atoms with Crippen molar-refractivity contribution in [3.05, 3.63) is 45.2 Å². The Balaban J connectivity index is 1.60. The van der Waals surface area contributed by atoms with Gasteiger partial charge in [-0.1, -0.05) is 0 Å². The van der Waals surface area contributed by atoms with Crippen molar-refractivity contribution in [1.29, 1.82) is 0 Å². The van der Waals surface area contributed by atoms with Crippen LogP contribution in [0.1, 0.15) is 9.75 Å². The number of thiophene rings is 2. The number of nitrogens with zero attached hydrogens (tertiary/aromatic N) is 4. The van der Waals surface area contributed by atoms with Gasteiger partial charge in [-0.15, -0.1) is 22.7 Å². The van der Waals surface area contributed by atoms with E-state index in [2.05, 4.69) is 0 Å². The van der Waals surface area contributed by atoms with Crippen LogP contribution >= 0.6 is 22.7 Å². The van der Waals surface area contributed by atoms with Crippen molar-refractivity contribution in [3.8, 4) is 9.75 Å². The predicted octanol–water partition coefficient (Wildman–Crippen LogP) is 2.34. The van der Waals surface area contributed by atoms with E-state index in [1.165, 1.54) is 63.0 Å². The Kier molecular flexibility index (Phi) is 5.79. The summed E-state index contributed by atoms with van der Waals surface area (Å²) in [5, 5.41) is 0. The monoisotopic (exact) mass is 498 g/mol. The molecule has 0 saturated carbocycles. The summed E-state index contributed by atoms with van der Waals surface area (Å²) in [6.07, 6.45) is 2.91. The van der Waals surface area contributed by atoms with E-state index in [0.717, 1.165) is 29.4 Å².